The van der Waals surface area contributed by atoms with Crippen molar-refractivity contribution in [3.63, 3.8) is 0 Å². The summed E-state index contributed by atoms with van der Waals surface area (Å²) in [6, 6.07) is 19.2. The van der Waals surface area contributed by atoms with Gasteiger partial charge in [-0.1, -0.05) is 48.5 Å². The molecule has 4 heteroatoms. The first-order valence-electron chi connectivity index (χ1n) is 5.83. The Kier molecular flexibility index (Phi) is 6.47. The van der Waals surface area contributed by atoms with Crippen LogP contribution in [0.25, 0.3) is 0 Å². The van der Waals surface area contributed by atoms with Crippen LogP contribution in [0.3, 0.4) is 0 Å². The molecule has 0 aliphatic carbocycles. The average molecular weight is 278 g/mol. The number of rotatable bonds is 5. The molecule has 0 heterocycles. The molecule has 0 aliphatic rings. The quantitative estimate of drug-likeness (QED) is 0.853. The van der Waals surface area contributed by atoms with Gasteiger partial charge >= 0.3 is 5.97 Å². The van der Waals surface area contributed by atoms with Gasteiger partial charge < -0.3 is 10.1 Å². The largest absolute Gasteiger partial charge is 0.460 e. The van der Waals surface area contributed by atoms with E-state index >= 15 is 0 Å². The molecule has 2 aromatic rings. The predicted octanol–water partition coefficient (Wildman–Crippen LogP) is 3.26. The molecule has 0 fully saturated rings. The van der Waals surface area contributed by atoms with E-state index in [0.29, 0.717) is 6.61 Å². The number of nitrogens with one attached hydrogen (secondary N) is 1. The molecule has 0 atom stereocenters. The van der Waals surface area contributed by atoms with Crippen LogP contribution in [0.4, 0.5) is 5.69 Å². The fourth-order valence-corrected chi connectivity index (χ4v) is 1.52. The molecule has 2 aromatic carbocycles. The Morgan fingerprint density at radius 2 is 1.53 bits per heavy atom. The lowest BCUT2D eigenvalue weighted by Crippen LogP contribution is -2.16. The lowest BCUT2D eigenvalue weighted by atomic mass is 10.2. The highest BCUT2D eigenvalue weighted by Crippen LogP contribution is 2.05. The Morgan fingerprint density at radius 3 is 2.16 bits per heavy atom. The third kappa shape index (κ3) is 5.44. The fraction of sp³-hybridized carbons (Fsp3) is 0.133. The maximum atomic E-state index is 11.5. The summed E-state index contributed by atoms with van der Waals surface area (Å²) in [5.74, 6) is -0.261. The van der Waals surface area contributed by atoms with Crippen LogP contribution >= 0.6 is 12.4 Å². The highest BCUT2D eigenvalue weighted by molar-refractivity contribution is 5.85. The van der Waals surface area contributed by atoms with Crippen molar-refractivity contribution in [3.05, 3.63) is 66.2 Å². The molecule has 0 unspecified atom stereocenters. The van der Waals surface area contributed by atoms with Crippen LogP contribution < -0.4 is 5.32 Å². The van der Waals surface area contributed by atoms with E-state index in [0.717, 1.165) is 11.3 Å². The predicted molar refractivity (Wildman–Crippen MR) is 78.4 cm³/mol. The van der Waals surface area contributed by atoms with Gasteiger partial charge in [0.15, 0.2) is 0 Å². The van der Waals surface area contributed by atoms with Crippen LogP contribution in [-0.4, -0.2) is 12.5 Å². The van der Waals surface area contributed by atoms with E-state index in [1.807, 2.05) is 60.7 Å². The lowest BCUT2D eigenvalue weighted by Gasteiger charge is -2.07. The molecule has 0 bridgehead atoms. The summed E-state index contributed by atoms with van der Waals surface area (Å²) in [6.45, 7) is 0.493. The summed E-state index contributed by atoms with van der Waals surface area (Å²) in [7, 11) is 0. The summed E-state index contributed by atoms with van der Waals surface area (Å²) in [4.78, 5) is 11.5. The van der Waals surface area contributed by atoms with Crippen LogP contribution in [0.15, 0.2) is 60.7 Å². The average Bonchev–Trinajstić information content (AvgIpc) is 2.45. The van der Waals surface area contributed by atoms with Crippen LogP contribution in [0.5, 0.6) is 0 Å². The Labute approximate surface area is 119 Å². The van der Waals surface area contributed by atoms with Crippen molar-refractivity contribution in [2.75, 3.05) is 11.9 Å². The molecule has 0 amide bonds. The van der Waals surface area contributed by atoms with Gasteiger partial charge in [-0.3, -0.25) is 4.79 Å². The molecule has 0 saturated heterocycles. The Balaban J connectivity index is 0.00000180. The Hall–Kier alpha value is -2.00. The van der Waals surface area contributed by atoms with Crippen molar-refractivity contribution < 1.29 is 9.53 Å². The zero-order valence-electron chi connectivity index (χ0n) is 10.4. The van der Waals surface area contributed by atoms with Crippen molar-refractivity contribution in [2.24, 2.45) is 0 Å². The number of hydrogen-bond acceptors (Lipinski definition) is 3. The third-order valence-electron chi connectivity index (χ3n) is 2.45. The van der Waals surface area contributed by atoms with E-state index in [2.05, 4.69) is 5.32 Å². The van der Waals surface area contributed by atoms with E-state index in [1.54, 1.807) is 0 Å². The highest BCUT2D eigenvalue weighted by Gasteiger charge is 2.02. The smallest absolute Gasteiger partial charge is 0.325 e. The van der Waals surface area contributed by atoms with E-state index < -0.39 is 0 Å². The molecule has 100 valence electrons. The van der Waals surface area contributed by atoms with Crippen LogP contribution in [0.1, 0.15) is 5.56 Å². The minimum Gasteiger partial charge on any atom is -0.460 e. The van der Waals surface area contributed by atoms with Gasteiger partial charge in [0.1, 0.15) is 13.2 Å². The van der Waals surface area contributed by atoms with Crippen LogP contribution in [-0.2, 0) is 16.1 Å². The number of benzene rings is 2. The molecule has 19 heavy (non-hydrogen) atoms. The zero-order valence-corrected chi connectivity index (χ0v) is 11.2. The van der Waals surface area contributed by atoms with Gasteiger partial charge in [-0.2, -0.15) is 0 Å². The van der Waals surface area contributed by atoms with Crippen LogP contribution in [0.2, 0.25) is 0 Å². The zero-order chi connectivity index (χ0) is 12.6. The molecule has 0 radical (unpaired) electrons. The summed E-state index contributed by atoms with van der Waals surface area (Å²) in [5.41, 5.74) is 1.90. The molecule has 1 N–H and O–H groups in total. The van der Waals surface area contributed by atoms with Gasteiger partial charge in [0.25, 0.3) is 0 Å². The molecule has 0 aliphatic heterocycles. The molecular weight excluding hydrogens is 262 g/mol. The first-order valence-corrected chi connectivity index (χ1v) is 5.83. The number of para-hydroxylation sites is 1. The van der Waals surface area contributed by atoms with Crippen molar-refractivity contribution in [3.8, 4) is 0 Å². The number of carbonyl (C=O) groups is 1. The van der Waals surface area contributed by atoms with Gasteiger partial charge in [-0.25, -0.2) is 0 Å². The SMILES string of the molecule is Cl.O=C(CNc1ccccc1)OCc1ccccc1. The standard InChI is InChI=1S/C15H15NO2.ClH/c17-15(11-16-14-9-5-2-6-10-14)18-12-13-7-3-1-4-8-13;/h1-10,16H,11-12H2;1H. The minimum atomic E-state index is -0.261. The van der Waals surface area contributed by atoms with Gasteiger partial charge in [0.05, 0.1) is 0 Å². The highest BCUT2D eigenvalue weighted by atomic mass is 35.5. The third-order valence-corrected chi connectivity index (χ3v) is 2.45. The van der Waals surface area contributed by atoms with E-state index in [9.17, 15) is 4.79 Å². The lowest BCUT2D eigenvalue weighted by molar-refractivity contribution is -0.142. The van der Waals surface area contributed by atoms with Gasteiger partial charge in [-0.05, 0) is 17.7 Å². The fourth-order valence-electron chi connectivity index (χ4n) is 1.52. The normalized spacial score (nSPS) is 9.26. The number of esters is 1. The van der Waals surface area contributed by atoms with Gasteiger partial charge in [0.2, 0.25) is 0 Å². The molecule has 2 rings (SSSR count). The van der Waals surface area contributed by atoms with E-state index in [1.165, 1.54) is 0 Å². The second kappa shape index (κ2) is 8.16. The second-order valence-corrected chi connectivity index (χ2v) is 3.87. The summed E-state index contributed by atoms with van der Waals surface area (Å²) in [5, 5.41) is 3.01. The molecule has 3 nitrogen and oxygen atoms in total. The number of carbonyl (C=O) groups excluding carboxylic acids is 1. The Morgan fingerprint density at radius 1 is 0.947 bits per heavy atom. The topological polar surface area (TPSA) is 38.3 Å². The van der Waals surface area contributed by atoms with Crippen LogP contribution in [0, 0.1) is 0 Å². The summed E-state index contributed by atoms with van der Waals surface area (Å²) >= 11 is 0. The first kappa shape index (κ1) is 15.1. The molecular formula is C15H16ClNO2. The number of hydrogen-bond donors (Lipinski definition) is 1. The number of halogens is 1. The van der Waals surface area contributed by atoms with Gasteiger partial charge in [0, 0.05) is 5.69 Å². The van der Waals surface area contributed by atoms with Gasteiger partial charge in [-0.15, -0.1) is 12.4 Å². The first-order chi connectivity index (χ1) is 8.84. The van der Waals surface area contributed by atoms with Crippen molar-refractivity contribution >= 4 is 24.1 Å². The minimum absolute atomic E-state index is 0. The molecule has 0 aromatic heterocycles. The van der Waals surface area contributed by atoms with E-state index in [4.69, 9.17) is 4.74 Å². The molecule has 0 saturated carbocycles. The number of ether oxygens (including phenoxy) is 1. The maximum Gasteiger partial charge on any atom is 0.325 e. The monoisotopic (exact) mass is 277 g/mol. The summed E-state index contributed by atoms with van der Waals surface area (Å²) in [6.07, 6.45) is 0. The maximum absolute atomic E-state index is 11.5. The number of anilines is 1. The second-order valence-electron chi connectivity index (χ2n) is 3.87. The van der Waals surface area contributed by atoms with Crippen molar-refractivity contribution in [1.82, 2.24) is 0 Å². The van der Waals surface area contributed by atoms with Crippen molar-refractivity contribution in [1.29, 1.82) is 0 Å². The van der Waals surface area contributed by atoms with E-state index in [-0.39, 0.29) is 24.9 Å². The summed E-state index contributed by atoms with van der Waals surface area (Å²) < 4.78 is 5.15. The molecule has 0 spiro atoms. The van der Waals surface area contributed by atoms with Crippen molar-refractivity contribution in [2.45, 2.75) is 6.61 Å². The Bertz CT molecular complexity index is 443.